The average molecular weight is 326 g/mol. The van der Waals surface area contributed by atoms with Crippen molar-refractivity contribution in [1.82, 2.24) is 5.32 Å². The van der Waals surface area contributed by atoms with Crippen LogP contribution in [0.25, 0.3) is 0 Å². The van der Waals surface area contributed by atoms with Gasteiger partial charge >= 0.3 is 0 Å². The van der Waals surface area contributed by atoms with E-state index in [1.54, 1.807) is 0 Å². The van der Waals surface area contributed by atoms with Crippen LogP contribution in [0.1, 0.15) is 70.6 Å². The Hall–Kier alpha value is -0.150. The third-order valence-electron chi connectivity index (χ3n) is 7.23. The molecule has 0 amide bonds. The number of rotatable bonds is 5. The average Bonchev–Trinajstić information content (AvgIpc) is 2.59. The van der Waals surface area contributed by atoms with Crippen molar-refractivity contribution in [2.75, 3.05) is 13.6 Å². The summed E-state index contributed by atoms with van der Waals surface area (Å²) in [4.78, 5) is 0. The normalized spacial score (nSPS) is 41.1. The molecule has 23 heavy (non-hydrogen) atoms. The topological polar surface area (TPSA) is 32.3 Å². The molecule has 3 aliphatic rings. The van der Waals surface area contributed by atoms with Gasteiger partial charge in [0.25, 0.3) is 0 Å². The molecule has 3 heteroatoms. The number of fused-ring (bicyclic) bond motifs is 1. The first-order chi connectivity index (χ1) is 11.2. The lowest BCUT2D eigenvalue weighted by Crippen LogP contribution is -2.45. The van der Waals surface area contributed by atoms with Gasteiger partial charge in [-0.2, -0.15) is 0 Å². The minimum absolute atomic E-state index is 0.119. The Morgan fingerprint density at radius 3 is 2.39 bits per heavy atom. The highest BCUT2D eigenvalue weighted by atomic mass is 19.1. The molecule has 3 saturated carbocycles. The molecule has 0 aliphatic heterocycles. The van der Waals surface area contributed by atoms with E-state index in [1.165, 1.54) is 44.9 Å². The van der Waals surface area contributed by atoms with Crippen LogP contribution in [0, 0.1) is 29.6 Å². The highest BCUT2D eigenvalue weighted by Gasteiger charge is 2.41. The fourth-order valence-corrected chi connectivity index (χ4v) is 5.92. The lowest BCUT2D eigenvalue weighted by molar-refractivity contribution is -0.0395. The number of aliphatic hydroxyl groups is 1. The first-order valence-electron chi connectivity index (χ1n) is 10.2. The molecule has 0 saturated heterocycles. The van der Waals surface area contributed by atoms with E-state index in [-0.39, 0.29) is 11.8 Å². The second-order valence-corrected chi connectivity index (χ2v) is 8.55. The molecule has 3 aliphatic carbocycles. The number of aliphatic hydroxyl groups excluding tert-OH is 1. The lowest BCUT2D eigenvalue weighted by atomic mass is 9.63. The minimum Gasteiger partial charge on any atom is -0.392 e. The summed E-state index contributed by atoms with van der Waals surface area (Å²) in [5.74, 6) is 2.53. The number of alkyl halides is 1. The Kier molecular flexibility index (Phi) is 6.37. The largest absolute Gasteiger partial charge is 0.392 e. The molecule has 7 atom stereocenters. The molecule has 0 aromatic carbocycles. The van der Waals surface area contributed by atoms with Crippen molar-refractivity contribution in [3.05, 3.63) is 0 Å². The van der Waals surface area contributed by atoms with Gasteiger partial charge in [0.15, 0.2) is 0 Å². The van der Waals surface area contributed by atoms with Crippen LogP contribution in [0.5, 0.6) is 0 Å². The summed E-state index contributed by atoms with van der Waals surface area (Å²) in [6, 6.07) is 0. The summed E-state index contributed by atoms with van der Waals surface area (Å²) in [6.07, 6.45) is 11.8. The number of nitrogens with one attached hydrogen (secondary N) is 1. The van der Waals surface area contributed by atoms with E-state index >= 15 is 0 Å². The zero-order valence-electron chi connectivity index (χ0n) is 14.9. The summed E-state index contributed by atoms with van der Waals surface area (Å²) in [7, 11) is 1.97. The van der Waals surface area contributed by atoms with Gasteiger partial charge in [0, 0.05) is 18.4 Å². The Morgan fingerprint density at radius 2 is 1.65 bits per heavy atom. The molecule has 0 heterocycles. The zero-order valence-corrected chi connectivity index (χ0v) is 14.9. The highest BCUT2D eigenvalue weighted by molar-refractivity contribution is 4.92. The second kappa shape index (κ2) is 8.29. The van der Waals surface area contributed by atoms with E-state index in [0.29, 0.717) is 12.3 Å². The number of hydrogen-bond acceptors (Lipinski definition) is 2. The van der Waals surface area contributed by atoms with Gasteiger partial charge in [0.2, 0.25) is 0 Å². The molecule has 0 radical (unpaired) electrons. The van der Waals surface area contributed by atoms with Crippen molar-refractivity contribution in [3.8, 4) is 0 Å². The lowest BCUT2D eigenvalue weighted by Gasteiger charge is -2.45. The molecule has 2 nitrogen and oxygen atoms in total. The smallest absolute Gasteiger partial charge is 0.105 e. The van der Waals surface area contributed by atoms with Gasteiger partial charge in [-0.3, -0.25) is 0 Å². The molecule has 3 fully saturated rings. The van der Waals surface area contributed by atoms with Crippen LogP contribution in [0.15, 0.2) is 0 Å². The molecular weight excluding hydrogens is 289 g/mol. The van der Waals surface area contributed by atoms with Gasteiger partial charge in [-0.15, -0.1) is 0 Å². The Bertz CT molecular complexity index is 364. The maximum Gasteiger partial charge on any atom is 0.105 e. The Labute approximate surface area is 141 Å². The van der Waals surface area contributed by atoms with E-state index in [2.05, 4.69) is 5.32 Å². The minimum atomic E-state index is -0.788. The Balaban J connectivity index is 1.65. The molecule has 0 bridgehead atoms. The molecule has 2 N–H and O–H groups in total. The predicted molar refractivity (Wildman–Crippen MR) is 93.1 cm³/mol. The molecule has 0 aromatic heterocycles. The Morgan fingerprint density at radius 1 is 0.957 bits per heavy atom. The van der Waals surface area contributed by atoms with Gasteiger partial charge < -0.3 is 10.4 Å². The predicted octanol–water partition coefficient (Wildman–Crippen LogP) is 4.32. The first-order valence-corrected chi connectivity index (χ1v) is 10.2. The van der Waals surface area contributed by atoms with Crippen LogP contribution in [0.3, 0.4) is 0 Å². The zero-order chi connectivity index (χ0) is 16.2. The maximum absolute atomic E-state index is 14.4. The quantitative estimate of drug-likeness (QED) is 0.789. The van der Waals surface area contributed by atoms with E-state index in [4.69, 9.17) is 0 Å². The van der Waals surface area contributed by atoms with Gasteiger partial charge in [0.05, 0.1) is 6.10 Å². The molecule has 0 spiro atoms. The van der Waals surface area contributed by atoms with Crippen molar-refractivity contribution in [1.29, 1.82) is 0 Å². The number of hydrogen-bond donors (Lipinski definition) is 2. The molecule has 3 rings (SSSR count). The van der Waals surface area contributed by atoms with Gasteiger partial charge in [-0.1, -0.05) is 38.5 Å². The van der Waals surface area contributed by atoms with Crippen LogP contribution >= 0.6 is 0 Å². The van der Waals surface area contributed by atoms with Gasteiger partial charge in [-0.25, -0.2) is 4.39 Å². The van der Waals surface area contributed by atoms with Crippen LogP contribution < -0.4 is 5.32 Å². The summed E-state index contributed by atoms with van der Waals surface area (Å²) in [6.45, 7) is 0.840. The fraction of sp³-hybridized carbons (Fsp3) is 1.00. The molecule has 134 valence electrons. The molecular formula is C20H36FNO. The van der Waals surface area contributed by atoms with Crippen LogP contribution in [0.4, 0.5) is 4.39 Å². The van der Waals surface area contributed by atoms with E-state index in [1.807, 2.05) is 7.05 Å². The SMILES string of the molecule is CNC[C@H](C1CCC2CCCCC2C1)[C@H](O)C1CCCCC1F. The maximum atomic E-state index is 14.4. The monoisotopic (exact) mass is 325 g/mol. The van der Waals surface area contributed by atoms with E-state index in [0.717, 1.165) is 37.6 Å². The number of halogens is 1. The molecule has 0 aromatic rings. The summed E-state index contributed by atoms with van der Waals surface area (Å²) in [5, 5.41) is 14.3. The van der Waals surface area contributed by atoms with E-state index < -0.39 is 12.3 Å². The summed E-state index contributed by atoms with van der Waals surface area (Å²) < 4.78 is 14.4. The second-order valence-electron chi connectivity index (χ2n) is 8.55. The first kappa shape index (κ1) is 17.7. The van der Waals surface area contributed by atoms with Gasteiger partial charge in [0.1, 0.15) is 6.17 Å². The highest BCUT2D eigenvalue weighted by Crippen LogP contribution is 2.46. The third kappa shape index (κ3) is 4.10. The standard InChI is InChI=1S/C20H36FNO/c1-22-13-18(20(23)17-8-4-5-9-19(17)21)16-11-10-14-6-2-3-7-15(14)12-16/h14-20,22-23H,2-13H2,1H3/t14?,15?,16?,17?,18-,19?,20-/m1/s1. The van der Waals surface area contributed by atoms with Crippen LogP contribution in [0.2, 0.25) is 0 Å². The molecule has 5 unspecified atom stereocenters. The summed E-state index contributed by atoms with van der Waals surface area (Å²) >= 11 is 0. The van der Waals surface area contributed by atoms with Crippen molar-refractivity contribution in [2.24, 2.45) is 29.6 Å². The van der Waals surface area contributed by atoms with Crippen molar-refractivity contribution in [2.45, 2.75) is 82.9 Å². The van der Waals surface area contributed by atoms with Crippen molar-refractivity contribution < 1.29 is 9.50 Å². The fourth-order valence-electron chi connectivity index (χ4n) is 5.92. The van der Waals surface area contributed by atoms with Crippen LogP contribution in [-0.4, -0.2) is 31.0 Å². The summed E-state index contributed by atoms with van der Waals surface area (Å²) in [5.41, 5.74) is 0. The van der Waals surface area contributed by atoms with E-state index in [9.17, 15) is 9.50 Å². The third-order valence-corrected chi connectivity index (χ3v) is 7.23. The van der Waals surface area contributed by atoms with Crippen molar-refractivity contribution >= 4 is 0 Å². The van der Waals surface area contributed by atoms with Crippen molar-refractivity contribution in [3.63, 3.8) is 0 Å². The van der Waals surface area contributed by atoms with Gasteiger partial charge in [-0.05, 0) is 56.9 Å². The van der Waals surface area contributed by atoms with Crippen LogP contribution in [-0.2, 0) is 0 Å².